The molecule has 2 aromatic carbocycles. The average molecular weight is 408 g/mol. The summed E-state index contributed by atoms with van der Waals surface area (Å²) in [5, 5.41) is 3.43. The number of rotatable bonds is 5. The zero-order valence-electron chi connectivity index (χ0n) is 16.3. The van der Waals surface area contributed by atoms with Crippen LogP contribution in [0.3, 0.4) is 0 Å². The van der Waals surface area contributed by atoms with Crippen LogP contribution in [-0.2, 0) is 6.42 Å². The summed E-state index contributed by atoms with van der Waals surface area (Å²) in [5.41, 5.74) is 2.54. The fraction of sp³-hybridized carbons (Fsp3) is 0.136. The second-order valence-electron chi connectivity index (χ2n) is 6.72. The summed E-state index contributed by atoms with van der Waals surface area (Å²) in [6, 6.07) is 10.1. The van der Waals surface area contributed by atoms with Gasteiger partial charge in [0.15, 0.2) is 0 Å². The first-order chi connectivity index (χ1) is 14.5. The van der Waals surface area contributed by atoms with E-state index in [9.17, 15) is 13.6 Å². The summed E-state index contributed by atoms with van der Waals surface area (Å²) < 4.78 is 32.2. The minimum absolute atomic E-state index is 0.256. The van der Waals surface area contributed by atoms with Crippen molar-refractivity contribution in [1.29, 1.82) is 0 Å². The summed E-state index contributed by atoms with van der Waals surface area (Å²) in [5.74, 6) is -0.267. The van der Waals surface area contributed by atoms with Gasteiger partial charge in [0.05, 0.1) is 29.4 Å². The van der Waals surface area contributed by atoms with Crippen LogP contribution in [0.2, 0.25) is 0 Å². The molecule has 0 atom stereocenters. The van der Waals surface area contributed by atoms with Gasteiger partial charge >= 0.3 is 0 Å². The van der Waals surface area contributed by atoms with Gasteiger partial charge in [-0.15, -0.1) is 0 Å². The Morgan fingerprint density at radius 2 is 1.87 bits per heavy atom. The van der Waals surface area contributed by atoms with Crippen LogP contribution in [0, 0.1) is 11.6 Å². The lowest BCUT2D eigenvalue weighted by atomic mass is 10.1. The lowest BCUT2D eigenvalue weighted by Gasteiger charge is -2.10. The SMILES string of the molecule is CNc1cc2c(=O)[nH]c(Cc3ccc(-c4cc(F)cc(F)c4)nc3)nc2cc1OC. The fourth-order valence-corrected chi connectivity index (χ4v) is 3.26. The van der Waals surface area contributed by atoms with Crippen molar-refractivity contribution in [3.8, 4) is 17.0 Å². The molecule has 2 N–H and O–H groups in total. The minimum atomic E-state index is -0.661. The summed E-state index contributed by atoms with van der Waals surface area (Å²) in [7, 11) is 3.29. The number of aromatic nitrogens is 3. The maximum absolute atomic E-state index is 13.4. The third-order valence-electron chi connectivity index (χ3n) is 4.70. The van der Waals surface area contributed by atoms with Gasteiger partial charge in [-0.1, -0.05) is 6.07 Å². The van der Waals surface area contributed by atoms with Crippen LogP contribution in [0.1, 0.15) is 11.4 Å². The number of nitrogens with one attached hydrogen (secondary N) is 2. The third-order valence-corrected chi connectivity index (χ3v) is 4.70. The molecule has 0 saturated heterocycles. The molecule has 0 bridgehead atoms. The van der Waals surface area contributed by atoms with Crippen LogP contribution >= 0.6 is 0 Å². The van der Waals surface area contributed by atoms with E-state index in [4.69, 9.17) is 4.74 Å². The molecular weight excluding hydrogens is 390 g/mol. The first kappa shape index (κ1) is 19.5. The molecule has 0 saturated carbocycles. The molecule has 0 spiro atoms. The maximum Gasteiger partial charge on any atom is 0.258 e. The maximum atomic E-state index is 13.4. The van der Waals surface area contributed by atoms with Gasteiger partial charge in [-0.3, -0.25) is 9.78 Å². The van der Waals surface area contributed by atoms with Crippen molar-refractivity contribution in [2.24, 2.45) is 0 Å². The van der Waals surface area contributed by atoms with E-state index in [2.05, 4.69) is 20.3 Å². The minimum Gasteiger partial charge on any atom is -0.495 e. The Hall–Kier alpha value is -3.81. The number of pyridine rings is 1. The van der Waals surface area contributed by atoms with Crippen LogP contribution in [-0.4, -0.2) is 29.1 Å². The second kappa shape index (κ2) is 7.90. The molecule has 2 aromatic heterocycles. The molecule has 0 aliphatic carbocycles. The number of aromatic amines is 1. The highest BCUT2D eigenvalue weighted by molar-refractivity contribution is 5.85. The van der Waals surface area contributed by atoms with Gasteiger partial charge < -0.3 is 15.0 Å². The predicted octanol–water partition coefficient (Wildman–Crippen LogP) is 3.90. The number of nitrogens with zero attached hydrogens (tertiary/aromatic N) is 2. The highest BCUT2D eigenvalue weighted by atomic mass is 19.1. The number of hydrogen-bond donors (Lipinski definition) is 2. The standard InChI is InChI=1S/C22H18F2N4O2/c1-25-19-9-16-18(10-20(19)30-2)27-21(28-22(16)29)5-12-3-4-17(26-11-12)13-6-14(23)8-15(24)7-13/h3-4,6-11,25H,5H2,1-2H3,(H,27,28,29). The van der Waals surface area contributed by atoms with Gasteiger partial charge in [0.25, 0.3) is 5.56 Å². The van der Waals surface area contributed by atoms with E-state index in [1.807, 2.05) is 0 Å². The third kappa shape index (κ3) is 3.84. The van der Waals surface area contributed by atoms with Crippen molar-refractivity contribution in [2.45, 2.75) is 6.42 Å². The van der Waals surface area contributed by atoms with Gasteiger partial charge in [-0.25, -0.2) is 13.8 Å². The zero-order chi connectivity index (χ0) is 21.3. The van der Waals surface area contributed by atoms with Gasteiger partial charge in [-0.05, 0) is 29.8 Å². The van der Waals surface area contributed by atoms with Crippen molar-refractivity contribution in [2.75, 3.05) is 19.5 Å². The van der Waals surface area contributed by atoms with Gasteiger partial charge in [0.1, 0.15) is 23.2 Å². The monoisotopic (exact) mass is 408 g/mol. The van der Waals surface area contributed by atoms with Crippen molar-refractivity contribution in [1.82, 2.24) is 15.0 Å². The Labute approximate surface area is 170 Å². The fourth-order valence-electron chi connectivity index (χ4n) is 3.26. The number of methoxy groups -OCH3 is 1. The average Bonchev–Trinajstić information content (AvgIpc) is 2.72. The Balaban J connectivity index is 1.64. The Bertz CT molecular complexity index is 1270. The van der Waals surface area contributed by atoms with Gasteiger partial charge in [0, 0.05) is 37.4 Å². The Morgan fingerprint density at radius 3 is 2.50 bits per heavy atom. The molecule has 8 heteroatoms. The van der Waals surface area contributed by atoms with E-state index in [0.29, 0.717) is 45.8 Å². The van der Waals surface area contributed by atoms with E-state index in [-0.39, 0.29) is 5.56 Å². The number of H-pyrrole nitrogens is 1. The normalized spacial score (nSPS) is 10.9. The number of benzene rings is 2. The van der Waals surface area contributed by atoms with Gasteiger partial charge in [0.2, 0.25) is 0 Å². The summed E-state index contributed by atoms with van der Waals surface area (Å²) in [6.45, 7) is 0. The first-order valence-corrected chi connectivity index (χ1v) is 9.17. The smallest absolute Gasteiger partial charge is 0.258 e. The van der Waals surface area contributed by atoms with Crippen LogP contribution in [0.4, 0.5) is 14.5 Å². The lowest BCUT2D eigenvalue weighted by Crippen LogP contribution is -2.13. The van der Waals surface area contributed by atoms with E-state index in [1.165, 1.54) is 12.1 Å². The zero-order valence-corrected chi connectivity index (χ0v) is 16.3. The van der Waals surface area contributed by atoms with Crippen LogP contribution in [0.15, 0.2) is 53.5 Å². The van der Waals surface area contributed by atoms with Crippen molar-refractivity contribution >= 4 is 16.6 Å². The van der Waals surface area contributed by atoms with E-state index < -0.39 is 11.6 Å². The molecule has 30 heavy (non-hydrogen) atoms. The molecule has 4 rings (SSSR count). The molecule has 4 aromatic rings. The molecule has 6 nitrogen and oxygen atoms in total. The molecule has 0 radical (unpaired) electrons. The molecule has 0 amide bonds. The van der Waals surface area contributed by atoms with Crippen molar-refractivity contribution in [3.63, 3.8) is 0 Å². The first-order valence-electron chi connectivity index (χ1n) is 9.17. The number of hydrogen-bond acceptors (Lipinski definition) is 5. The summed E-state index contributed by atoms with van der Waals surface area (Å²) in [6.07, 6.45) is 1.93. The molecule has 0 fully saturated rings. The molecule has 0 aliphatic heterocycles. The number of ether oxygens (including phenoxy) is 1. The van der Waals surface area contributed by atoms with E-state index in [0.717, 1.165) is 11.6 Å². The molecular formula is C22H18F2N4O2. The predicted molar refractivity (Wildman–Crippen MR) is 111 cm³/mol. The van der Waals surface area contributed by atoms with Crippen molar-refractivity contribution in [3.05, 3.63) is 82.0 Å². The highest BCUT2D eigenvalue weighted by Crippen LogP contribution is 2.27. The molecule has 2 heterocycles. The number of halogens is 2. The molecule has 0 unspecified atom stereocenters. The quantitative estimate of drug-likeness (QED) is 0.524. The van der Waals surface area contributed by atoms with Crippen LogP contribution < -0.4 is 15.6 Å². The molecule has 0 aliphatic rings. The second-order valence-corrected chi connectivity index (χ2v) is 6.72. The van der Waals surface area contributed by atoms with Gasteiger partial charge in [-0.2, -0.15) is 0 Å². The largest absolute Gasteiger partial charge is 0.495 e. The number of fused-ring (bicyclic) bond motifs is 1. The van der Waals surface area contributed by atoms with Crippen LogP contribution in [0.5, 0.6) is 5.75 Å². The summed E-state index contributed by atoms with van der Waals surface area (Å²) in [4.78, 5) is 24.1. The molecule has 152 valence electrons. The highest BCUT2D eigenvalue weighted by Gasteiger charge is 2.11. The summed E-state index contributed by atoms with van der Waals surface area (Å²) >= 11 is 0. The Kier molecular flexibility index (Phi) is 5.14. The van der Waals surface area contributed by atoms with Crippen LogP contribution in [0.25, 0.3) is 22.2 Å². The van der Waals surface area contributed by atoms with E-state index in [1.54, 1.807) is 44.6 Å². The van der Waals surface area contributed by atoms with Crippen molar-refractivity contribution < 1.29 is 13.5 Å². The topological polar surface area (TPSA) is 79.9 Å². The van der Waals surface area contributed by atoms with E-state index >= 15 is 0 Å². The lowest BCUT2D eigenvalue weighted by molar-refractivity contribution is 0.417. The Morgan fingerprint density at radius 1 is 1.10 bits per heavy atom. The number of anilines is 1.